The molecule has 0 aromatic heterocycles. The van der Waals surface area contributed by atoms with E-state index in [-0.39, 0.29) is 17.3 Å². The van der Waals surface area contributed by atoms with E-state index in [9.17, 15) is 13.2 Å². The number of benzene rings is 1. The minimum atomic E-state index is -4.57. The monoisotopic (exact) mass is 290 g/mol. The molecule has 2 rings (SSSR count). The maximum atomic E-state index is 12.8. The fourth-order valence-electron chi connectivity index (χ4n) is 1.99. The number of hydrogen-bond acceptors (Lipinski definition) is 4. The van der Waals surface area contributed by atoms with Crippen LogP contribution in [0.3, 0.4) is 0 Å². The lowest BCUT2D eigenvalue weighted by Crippen LogP contribution is -2.32. The molecule has 110 valence electrons. The minimum Gasteiger partial charge on any atom is -0.490 e. The first-order chi connectivity index (χ1) is 9.36. The average Bonchev–Trinajstić information content (AvgIpc) is 2.38. The van der Waals surface area contributed by atoms with Crippen molar-refractivity contribution in [2.45, 2.75) is 25.1 Å². The Morgan fingerprint density at radius 3 is 2.35 bits per heavy atom. The predicted molar refractivity (Wildman–Crippen MR) is 65.7 cm³/mol. The van der Waals surface area contributed by atoms with E-state index in [0.717, 1.165) is 6.07 Å². The van der Waals surface area contributed by atoms with Crippen molar-refractivity contribution in [1.82, 2.24) is 0 Å². The Balaban J connectivity index is 2.24. The summed E-state index contributed by atoms with van der Waals surface area (Å²) in [6.07, 6.45) is -3.62. The molecule has 0 unspecified atom stereocenters. The molecule has 1 aromatic carbocycles. The van der Waals surface area contributed by atoms with Crippen molar-refractivity contribution in [1.29, 1.82) is 0 Å². The van der Waals surface area contributed by atoms with Gasteiger partial charge in [0.2, 0.25) is 0 Å². The van der Waals surface area contributed by atoms with Crippen molar-refractivity contribution in [3.05, 3.63) is 23.8 Å². The molecule has 1 heterocycles. The number of ether oxygens (including phenoxy) is 2. The van der Waals surface area contributed by atoms with Crippen LogP contribution in [0.4, 0.5) is 13.2 Å². The third-order valence-electron chi connectivity index (χ3n) is 3.03. The van der Waals surface area contributed by atoms with Crippen LogP contribution in [0.25, 0.3) is 0 Å². The topological polar surface area (TPSA) is 58.9 Å². The largest absolute Gasteiger partial charge is 0.490 e. The second-order valence-corrected chi connectivity index (χ2v) is 4.59. The van der Waals surface area contributed by atoms with E-state index < -0.39 is 18.9 Å². The summed E-state index contributed by atoms with van der Waals surface area (Å²) in [5, 5.41) is 18.1. The molecule has 20 heavy (non-hydrogen) atoms. The number of halogens is 3. The number of rotatable bonds is 3. The zero-order chi connectivity index (χ0) is 14.8. The highest BCUT2D eigenvalue weighted by Gasteiger charge is 2.32. The normalized spacial score (nSPS) is 17.1. The van der Waals surface area contributed by atoms with Crippen molar-refractivity contribution in [3.63, 3.8) is 0 Å². The van der Waals surface area contributed by atoms with E-state index in [1.165, 1.54) is 6.07 Å². The zero-order valence-corrected chi connectivity index (χ0v) is 10.6. The van der Waals surface area contributed by atoms with Gasteiger partial charge in [-0.2, -0.15) is 13.2 Å². The van der Waals surface area contributed by atoms with Crippen molar-refractivity contribution in [2.75, 3.05) is 13.2 Å². The van der Waals surface area contributed by atoms with E-state index in [1.807, 2.05) is 0 Å². The second kappa shape index (κ2) is 6.03. The standard InChI is InChI=1S/C12H14BF3O4/c14-12(15,16)8-5-9(13(17)18)7-11(6-8)20-10-1-3-19-4-2-10/h5-7,10,17-18H,1-4H2. The van der Waals surface area contributed by atoms with Crippen LogP contribution in [0.2, 0.25) is 0 Å². The fraction of sp³-hybridized carbons (Fsp3) is 0.500. The van der Waals surface area contributed by atoms with Crippen LogP contribution in [-0.4, -0.2) is 36.5 Å². The number of alkyl halides is 3. The Labute approximate surface area is 114 Å². The van der Waals surface area contributed by atoms with Gasteiger partial charge in [-0.1, -0.05) is 0 Å². The van der Waals surface area contributed by atoms with Crippen LogP contribution in [0.15, 0.2) is 18.2 Å². The highest BCUT2D eigenvalue weighted by atomic mass is 19.4. The molecule has 0 spiro atoms. The van der Waals surface area contributed by atoms with Crippen molar-refractivity contribution in [3.8, 4) is 5.75 Å². The van der Waals surface area contributed by atoms with Gasteiger partial charge in [-0.05, 0) is 23.7 Å². The van der Waals surface area contributed by atoms with Gasteiger partial charge in [0, 0.05) is 12.8 Å². The third kappa shape index (κ3) is 3.88. The maximum absolute atomic E-state index is 12.8. The molecule has 1 aromatic rings. The van der Waals surface area contributed by atoms with Gasteiger partial charge in [0.15, 0.2) is 0 Å². The van der Waals surface area contributed by atoms with E-state index in [1.54, 1.807) is 0 Å². The number of hydrogen-bond donors (Lipinski definition) is 2. The molecule has 1 saturated heterocycles. The van der Waals surface area contributed by atoms with Crippen LogP contribution in [0.5, 0.6) is 5.75 Å². The summed E-state index contributed by atoms with van der Waals surface area (Å²) in [6, 6.07) is 2.76. The highest BCUT2D eigenvalue weighted by molar-refractivity contribution is 6.58. The van der Waals surface area contributed by atoms with Crippen molar-refractivity contribution < 1.29 is 32.7 Å². The SMILES string of the molecule is OB(O)c1cc(OC2CCOCC2)cc(C(F)(F)F)c1. The van der Waals surface area contributed by atoms with Gasteiger partial charge in [-0.25, -0.2) is 0 Å². The fourth-order valence-corrected chi connectivity index (χ4v) is 1.99. The molecular weight excluding hydrogens is 276 g/mol. The van der Waals surface area contributed by atoms with Crippen molar-refractivity contribution in [2.24, 2.45) is 0 Å². The molecule has 0 bridgehead atoms. The molecule has 0 atom stereocenters. The van der Waals surface area contributed by atoms with Gasteiger partial charge in [0.25, 0.3) is 0 Å². The van der Waals surface area contributed by atoms with E-state index in [0.29, 0.717) is 32.1 Å². The summed E-state index contributed by atoms with van der Waals surface area (Å²) in [4.78, 5) is 0. The van der Waals surface area contributed by atoms with Gasteiger partial charge in [-0.3, -0.25) is 0 Å². The summed E-state index contributed by atoms with van der Waals surface area (Å²) >= 11 is 0. The Morgan fingerprint density at radius 1 is 1.15 bits per heavy atom. The molecular formula is C12H14BF3O4. The van der Waals surface area contributed by atoms with Gasteiger partial charge < -0.3 is 19.5 Å². The lowest BCUT2D eigenvalue weighted by molar-refractivity contribution is -0.137. The lowest BCUT2D eigenvalue weighted by Gasteiger charge is -2.24. The summed E-state index contributed by atoms with van der Waals surface area (Å²) < 4.78 is 48.9. The summed E-state index contributed by atoms with van der Waals surface area (Å²) in [7, 11) is -1.98. The molecule has 0 aliphatic carbocycles. The van der Waals surface area contributed by atoms with Crippen LogP contribution >= 0.6 is 0 Å². The minimum absolute atomic E-state index is 0.0187. The van der Waals surface area contributed by atoms with Crippen LogP contribution < -0.4 is 10.2 Å². The third-order valence-corrected chi connectivity index (χ3v) is 3.03. The summed E-state index contributed by atoms with van der Waals surface area (Å²) in [5.41, 5.74) is -1.22. The van der Waals surface area contributed by atoms with E-state index >= 15 is 0 Å². The molecule has 8 heteroatoms. The maximum Gasteiger partial charge on any atom is 0.488 e. The quantitative estimate of drug-likeness (QED) is 0.814. The smallest absolute Gasteiger partial charge is 0.488 e. The van der Waals surface area contributed by atoms with Gasteiger partial charge in [-0.15, -0.1) is 0 Å². The molecule has 1 aliphatic heterocycles. The van der Waals surface area contributed by atoms with E-state index in [4.69, 9.17) is 19.5 Å². The zero-order valence-electron chi connectivity index (χ0n) is 10.6. The first-order valence-corrected chi connectivity index (χ1v) is 6.19. The Morgan fingerprint density at radius 2 is 1.80 bits per heavy atom. The molecule has 1 aliphatic rings. The molecule has 1 fully saturated rings. The van der Waals surface area contributed by atoms with Crippen LogP contribution in [0.1, 0.15) is 18.4 Å². The lowest BCUT2D eigenvalue weighted by atomic mass is 9.79. The average molecular weight is 290 g/mol. The molecule has 0 radical (unpaired) electrons. The Hall–Kier alpha value is -1.25. The van der Waals surface area contributed by atoms with Gasteiger partial charge in [0.05, 0.1) is 18.8 Å². The predicted octanol–water partition coefficient (Wildman–Crippen LogP) is 0.943. The molecule has 0 amide bonds. The Bertz CT molecular complexity index is 459. The summed E-state index contributed by atoms with van der Waals surface area (Å²) in [6.45, 7) is 0.998. The van der Waals surface area contributed by atoms with E-state index in [2.05, 4.69) is 0 Å². The van der Waals surface area contributed by atoms with Gasteiger partial charge in [0.1, 0.15) is 11.9 Å². The molecule has 2 N–H and O–H groups in total. The van der Waals surface area contributed by atoms with Gasteiger partial charge >= 0.3 is 13.3 Å². The van der Waals surface area contributed by atoms with Crippen molar-refractivity contribution >= 4 is 12.6 Å². The molecule has 0 saturated carbocycles. The molecule has 4 nitrogen and oxygen atoms in total. The second-order valence-electron chi connectivity index (χ2n) is 4.59. The summed E-state index contributed by atoms with van der Waals surface area (Å²) in [5.74, 6) is -0.0187. The first kappa shape index (κ1) is 15.1. The first-order valence-electron chi connectivity index (χ1n) is 6.19. The Kier molecular flexibility index (Phi) is 4.57. The highest BCUT2D eigenvalue weighted by Crippen LogP contribution is 2.31. The van der Waals surface area contributed by atoms with Crippen LogP contribution in [-0.2, 0) is 10.9 Å². The van der Waals surface area contributed by atoms with Crippen LogP contribution in [0, 0.1) is 0 Å².